The second-order valence-corrected chi connectivity index (χ2v) is 4.48. The van der Waals surface area contributed by atoms with E-state index < -0.39 is 11.6 Å². The fourth-order valence-electron chi connectivity index (χ4n) is 1.40. The molecule has 0 fully saturated rings. The summed E-state index contributed by atoms with van der Waals surface area (Å²) >= 11 is 1.64. The van der Waals surface area contributed by atoms with Gasteiger partial charge in [0.25, 0.3) is 0 Å². The van der Waals surface area contributed by atoms with Crippen LogP contribution >= 0.6 is 11.8 Å². The highest BCUT2D eigenvalue weighted by atomic mass is 32.2. The van der Waals surface area contributed by atoms with E-state index >= 15 is 0 Å². The van der Waals surface area contributed by atoms with Gasteiger partial charge in [-0.25, -0.2) is 8.78 Å². The number of anilines is 2. The molecule has 5 heteroatoms. The number of halogens is 2. The molecule has 0 spiro atoms. The van der Waals surface area contributed by atoms with Gasteiger partial charge in [-0.1, -0.05) is 6.92 Å². The quantitative estimate of drug-likeness (QED) is 0.784. The molecule has 0 aliphatic carbocycles. The van der Waals surface area contributed by atoms with Crippen molar-refractivity contribution in [1.29, 1.82) is 0 Å². The molecule has 1 unspecified atom stereocenters. The smallest absolute Gasteiger partial charge is 0.151 e. The Balaban J connectivity index is 2.87. The highest BCUT2D eigenvalue weighted by molar-refractivity contribution is 7.98. The maximum Gasteiger partial charge on any atom is 0.151 e. The summed E-state index contributed by atoms with van der Waals surface area (Å²) in [4.78, 5) is 0. The number of nitrogens with one attached hydrogen (secondary N) is 1. The molecule has 0 amide bonds. The zero-order valence-corrected chi connectivity index (χ0v) is 10.2. The molecular weight excluding hydrogens is 230 g/mol. The summed E-state index contributed by atoms with van der Waals surface area (Å²) in [6, 6.07) is 2.30. The van der Waals surface area contributed by atoms with Crippen LogP contribution in [0.1, 0.15) is 13.3 Å². The average molecular weight is 246 g/mol. The first-order valence-corrected chi connectivity index (χ1v) is 6.47. The molecule has 16 heavy (non-hydrogen) atoms. The van der Waals surface area contributed by atoms with Crippen molar-refractivity contribution in [2.45, 2.75) is 19.4 Å². The molecule has 0 aliphatic heterocycles. The number of nitrogens with two attached hydrogens (primary N) is 1. The first kappa shape index (κ1) is 13.1. The number of hydrogen-bond donors (Lipinski definition) is 2. The summed E-state index contributed by atoms with van der Waals surface area (Å²) in [5, 5.41) is 2.87. The molecular formula is C11H16F2N2S. The fourth-order valence-corrected chi connectivity index (χ4v) is 2.12. The van der Waals surface area contributed by atoms with Gasteiger partial charge in [0.05, 0.1) is 0 Å². The molecule has 0 saturated heterocycles. The molecule has 1 rings (SSSR count). The Labute approximate surface area is 98.6 Å². The minimum atomic E-state index is -0.642. The van der Waals surface area contributed by atoms with Crippen molar-refractivity contribution in [2.75, 3.05) is 23.1 Å². The molecule has 2 nitrogen and oxygen atoms in total. The van der Waals surface area contributed by atoms with Crippen molar-refractivity contribution >= 4 is 23.1 Å². The molecule has 0 bridgehead atoms. The van der Waals surface area contributed by atoms with Gasteiger partial charge in [-0.3, -0.25) is 0 Å². The Bertz CT molecular complexity index is 335. The Kier molecular flexibility index (Phi) is 4.86. The zero-order valence-electron chi connectivity index (χ0n) is 9.39. The van der Waals surface area contributed by atoms with Crippen LogP contribution in [0.15, 0.2) is 12.1 Å². The number of thioether (sulfide) groups is 1. The standard InChI is InChI=1S/C11H16F2N2S/c1-3-8(6-16-2)15-11-9(12)4-7(14)5-10(11)13/h4-5,8,15H,3,6,14H2,1-2H3. The molecule has 1 aromatic carbocycles. The van der Waals surface area contributed by atoms with E-state index in [0.29, 0.717) is 0 Å². The third kappa shape index (κ3) is 3.27. The lowest BCUT2D eigenvalue weighted by molar-refractivity contribution is 0.583. The second-order valence-electron chi connectivity index (χ2n) is 3.56. The Hall–Kier alpha value is -0.970. The largest absolute Gasteiger partial charge is 0.399 e. The Morgan fingerprint density at radius 2 is 1.94 bits per heavy atom. The molecule has 3 N–H and O–H groups in total. The molecule has 90 valence electrons. The van der Waals surface area contributed by atoms with E-state index in [9.17, 15) is 8.78 Å². The molecule has 0 aromatic heterocycles. The van der Waals surface area contributed by atoms with E-state index in [1.807, 2.05) is 13.2 Å². The first-order valence-electron chi connectivity index (χ1n) is 5.08. The minimum Gasteiger partial charge on any atom is -0.399 e. The minimum absolute atomic E-state index is 0.0580. The van der Waals surface area contributed by atoms with E-state index in [-0.39, 0.29) is 17.4 Å². The van der Waals surface area contributed by atoms with E-state index in [2.05, 4.69) is 5.32 Å². The predicted octanol–water partition coefficient (Wildman–Crippen LogP) is 3.10. The van der Waals surface area contributed by atoms with Crippen molar-refractivity contribution in [3.05, 3.63) is 23.8 Å². The number of hydrogen-bond acceptors (Lipinski definition) is 3. The molecule has 1 aromatic rings. The summed E-state index contributed by atoms with van der Waals surface area (Å²) in [6.45, 7) is 1.97. The molecule has 0 radical (unpaired) electrons. The van der Waals surface area contributed by atoms with Crippen molar-refractivity contribution in [1.82, 2.24) is 0 Å². The summed E-state index contributed by atoms with van der Waals surface area (Å²) in [6.07, 6.45) is 2.77. The van der Waals surface area contributed by atoms with Gasteiger partial charge in [0.2, 0.25) is 0 Å². The van der Waals surface area contributed by atoms with Crippen LogP contribution in [-0.4, -0.2) is 18.1 Å². The molecule has 0 saturated carbocycles. The summed E-state index contributed by atoms with van der Waals surface area (Å²) in [7, 11) is 0. The molecule has 1 atom stereocenters. The van der Waals surface area contributed by atoms with Crippen LogP contribution < -0.4 is 11.1 Å². The third-order valence-corrected chi connectivity index (χ3v) is 3.01. The van der Waals surface area contributed by atoms with E-state index in [1.165, 1.54) is 0 Å². The number of nitrogen functional groups attached to an aromatic ring is 1. The SMILES string of the molecule is CCC(CSC)Nc1c(F)cc(N)cc1F. The van der Waals surface area contributed by atoms with Crippen LogP contribution in [0.3, 0.4) is 0 Å². The van der Waals surface area contributed by atoms with Crippen LogP contribution in [-0.2, 0) is 0 Å². The predicted molar refractivity (Wildman–Crippen MR) is 66.9 cm³/mol. The molecule has 0 aliphatic rings. The van der Waals surface area contributed by atoms with E-state index in [1.54, 1.807) is 11.8 Å². The summed E-state index contributed by atoms with van der Waals surface area (Å²) in [5.41, 5.74) is 5.35. The fraction of sp³-hybridized carbons (Fsp3) is 0.455. The topological polar surface area (TPSA) is 38.0 Å². The van der Waals surface area contributed by atoms with Crippen LogP contribution in [0.4, 0.5) is 20.2 Å². The zero-order chi connectivity index (χ0) is 12.1. The van der Waals surface area contributed by atoms with Crippen LogP contribution in [0.5, 0.6) is 0 Å². The van der Waals surface area contributed by atoms with Gasteiger partial charge in [-0.15, -0.1) is 0 Å². The Morgan fingerprint density at radius 1 is 1.38 bits per heavy atom. The van der Waals surface area contributed by atoms with Gasteiger partial charge >= 0.3 is 0 Å². The Morgan fingerprint density at radius 3 is 2.38 bits per heavy atom. The maximum absolute atomic E-state index is 13.5. The van der Waals surface area contributed by atoms with Crippen molar-refractivity contribution in [3.63, 3.8) is 0 Å². The van der Waals surface area contributed by atoms with Crippen LogP contribution in [0.25, 0.3) is 0 Å². The highest BCUT2D eigenvalue weighted by Crippen LogP contribution is 2.23. The van der Waals surface area contributed by atoms with Crippen LogP contribution in [0.2, 0.25) is 0 Å². The molecule has 0 heterocycles. The van der Waals surface area contributed by atoms with Crippen molar-refractivity contribution in [3.8, 4) is 0 Å². The number of rotatable bonds is 5. The van der Waals surface area contributed by atoms with Gasteiger partial charge in [-0.05, 0) is 24.8 Å². The highest BCUT2D eigenvalue weighted by Gasteiger charge is 2.13. The van der Waals surface area contributed by atoms with E-state index in [0.717, 1.165) is 24.3 Å². The maximum atomic E-state index is 13.5. The van der Waals surface area contributed by atoms with E-state index in [4.69, 9.17) is 5.73 Å². The second kappa shape index (κ2) is 5.94. The lowest BCUT2D eigenvalue weighted by Gasteiger charge is -2.18. The van der Waals surface area contributed by atoms with Gasteiger partial charge in [0.15, 0.2) is 11.6 Å². The lowest BCUT2D eigenvalue weighted by atomic mass is 10.2. The van der Waals surface area contributed by atoms with Gasteiger partial charge in [0.1, 0.15) is 5.69 Å². The lowest BCUT2D eigenvalue weighted by Crippen LogP contribution is -2.22. The summed E-state index contributed by atoms with van der Waals surface area (Å²) < 4.78 is 26.9. The monoisotopic (exact) mass is 246 g/mol. The third-order valence-electron chi connectivity index (χ3n) is 2.27. The van der Waals surface area contributed by atoms with Gasteiger partial charge in [-0.2, -0.15) is 11.8 Å². The number of benzene rings is 1. The first-order chi connectivity index (χ1) is 7.58. The van der Waals surface area contributed by atoms with Gasteiger partial charge in [0, 0.05) is 17.5 Å². The normalized spacial score (nSPS) is 12.5. The van der Waals surface area contributed by atoms with Crippen molar-refractivity contribution < 1.29 is 8.78 Å². The van der Waals surface area contributed by atoms with Gasteiger partial charge < -0.3 is 11.1 Å². The van der Waals surface area contributed by atoms with Crippen molar-refractivity contribution in [2.24, 2.45) is 0 Å². The van der Waals surface area contributed by atoms with Crippen LogP contribution in [0, 0.1) is 11.6 Å². The average Bonchev–Trinajstić information content (AvgIpc) is 2.21. The summed E-state index contributed by atoms with van der Waals surface area (Å²) in [5.74, 6) is -0.478.